The van der Waals surface area contributed by atoms with E-state index in [0.717, 1.165) is 11.3 Å². The van der Waals surface area contributed by atoms with Gasteiger partial charge in [-0.15, -0.1) is 11.3 Å². The normalized spacial score (nSPS) is 16.6. The Morgan fingerprint density at radius 1 is 1.33 bits per heavy atom. The van der Waals surface area contributed by atoms with Crippen LogP contribution in [0, 0.1) is 0 Å². The van der Waals surface area contributed by atoms with E-state index < -0.39 is 11.7 Å². The van der Waals surface area contributed by atoms with Crippen LogP contribution < -0.4 is 0 Å². The average Bonchev–Trinajstić information content (AvgIpc) is 2.76. The van der Waals surface area contributed by atoms with E-state index in [0.29, 0.717) is 12.2 Å². The topological polar surface area (TPSA) is 3.24 Å². The SMILES string of the molecule is CCc1ccc(C2=CC(C(F)(F)F)=CCN2C)s1. The molecule has 0 atom stereocenters. The van der Waals surface area contributed by atoms with Crippen molar-refractivity contribution in [2.75, 3.05) is 13.6 Å². The van der Waals surface area contributed by atoms with Crippen LogP contribution in [-0.4, -0.2) is 24.7 Å². The van der Waals surface area contributed by atoms with Crippen molar-refractivity contribution in [3.63, 3.8) is 0 Å². The third-order valence-corrected chi connectivity index (χ3v) is 4.13. The summed E-state index contributed by atoms with van der Waals surface area (Å²) in [4.78, 5) is 3.91. The first kappa shape index (κ1) is 13.2. The van der Waals surface area contributed by atoms with E-state index in [-0.39, 0.29) is 0 Å². The maximum atomic E-state index is 12.7. The predicted molar refractivity (Wildman–Crippen MR) is 68.4 cm³/mol. The van der Waals surface area contributed by atoms with Crippen LogP contribution in [0.25, 0.3) is 5.70 Å². The number of halogens is 3. The largest absolute Gasteiger partial charge is 0.416 e. The van der Waals surface area contributed by atoms with Crippen molar-refractivity contribution >= 4 is 17.0 Å². The average molecular weight is 273 g/mol. The van der Waals surface area contributed by atoms with Crippen LogP contribution in [0.15, 0.2) is 29.9 Å². The fourth-order valence-corrected chi connectivity index (χ4v) is 2.83. The lowest BCUT2D eigenvalue weighted by molar-refractivity contribution is -0.0887. The van der Waals surface area contributed by atoms with Crippen LogP contribution in [-0.2, 0) is 6.42 Å². The fraction of sp³-hybridized carbons (Fsp3) is 0.385. The molecule has 0 aliphatic carbocycles. The third kappa shape index (κ3) is 2.61. The second-order valence-corrected chi connectivity index (χ2v) is 5.36. The summed E-state index contributed by atoms with van der Waals surface area (Å²) in [5, 5.41) is 0. The van der Waals surface area contributed by atoms with Gasteiger partial charge in [0, 0.05) is 18.5 Å². The second-order valence-electron chi connectivity index (χ2n) is 4.19. The lowest BCUT2D eigenvalue weighted by atomic mass is 10.1. The van der Waals surface area contributed by atoms with Gasteiger partial charge in [0.1, 0.15) is 0 Å². The highest BCUT2D eigenvalue weighted by Crippen LogP contribution is 2.35. The Labute approximate surface area is 108 Å². The van der Waals surface area contributed by atoms with Crippen molar-refractivity contribution in [2.45, 2.75) is 19.5 Å². The van der Waals surface area contributed by atoms with Gasteiger partial charge in [-0.2, -0.15) is 13.2 Å². The molecule has 0 N–H and O–H groups in total. The van der Waals surface area contributed by atoms with Crippen molar-refractivity contribution in [2.24, 2.45) is 0 Å². The molecule has 2 heterocycles. The van der Waals surface area contributed by atoms with Crippen molar-refractivity contribution in [3.05, 3.63) is 39.6 Å². The lowest BCUT2D eigenvalue weighted by Crippen LogP contribution is -2.23. The van der Waals surface area contributed by atoms with Crippen LogP contribution in [0.4, 0.5) is 13.2 Å². The number of aryl methyl sites for hydroxylation is 1. The van der Waals surface area contributed by atoms with Gasteiger partial charge in [0.05, 0.1) is 16.1 Å². The summed E-state index contributed by atoms with van der Waals surface area (Å²) in [6.45, 7) is 2.33. The number of hydrogen-bond donors (Lipinski definition) is 0. The molecule has 1 aliphatic heterocycles. The number of alkyl halides is 3. The van der Waals surface area contributed by atoms with Gasteiger partial charge < -0.3 is 4.90 Å². The highest BCUT2D eigenvalue weighted by Gasteiger charge is 2.34. The molecule has 18 heavy (non-hydrogen) atoms. The fourth-order valence-electron chi connectivity index (χ4n) is 1.81. The van der Waals surface area contributed by atoms with E-state index in [4.69, 9.17) is 0 Å². The maximum Gasteiger partial charge on any atom is 0.416 e. The molecule has 1 nitrogen and oxygen atoms in total. The van der Waals surface area contributed by atoms with Crippen LogP contribution in [0.1, 0.15) is 16.7 Å². The zero-order chi connectivity index (χ0) is 13.3. The molecule has 0 fully saturated rings. The van der Waals surface area contributed by atoms with Crippen molar-refractivity contribution in [3.8, 4) is 0 Å². The number of thiophene rings is 1. The van der Waals surface area contributed by atoms with Crippen LogP contribution in [0.2, 0.25) is 0 Å². The predicted octanol–water partition coefficient (Wildman–Crippen LogP) is 4.09. The van der Waals surface area contributed by atoms with Crippen molar-refractivity contribution < 1.29 is 13.2 Å². The number of rotatable bonds is 2. The summed E-state index contributed by atoms with van der Waals surface area (Å²) >= 11 is 1.55. The minimum atomic E-state index is -4.27. The van der Waals surface area contributed by atoms with Crippen LogP contribution in [0.3, 0.4) is 0 Å². The highest BCUT2D eigenvalue weighted by molar-refractivity contribution is 7.13. The summed E-state index contributed by atoms with van der Waals surface area (Å²) in [5.74, 6) is 0. The molecule has 0 aromatic carbocycles. The second kappa shape index (κ2) is 4.80. The molecule has 98 valence electrons. The van der Waals surface area contributed by atoms with Gasteiger partial charge in [0.25, 0.3) is 0 Å². The van der Waals surface area contributed by atoms with Gasteiger partial charge in [0.15, 0.2) is 0 Å². The first-order valence-electron chi connectivity index (χ1n) is 5.71. The van der Waals surface area contributed by atoms with Gasteiger partial charge in [-0.05, 0) is 24.6 Å². The molecule has 1 aromatic heterocycles. The standard InChI is InChI=1S/C13H14F3NS/c1-3-10-4-5-12(18-10)11-8-9(13(14,15)16)6-7-17(11)2/h4-6,8H,3,7H2,1-2H3. The molecule has 0 saturated carbocycles. The molecule has 2 rings (SSSR count). The number of nitrogens with zero attached hydrogens (tertiary/aromatic N) is 1. The Morgan fingerprint density at radius 3 is 2.61 bits per heavy atom. The van der Waals surface area contributed by atoms with Crippen LogP contribution >= 0.6 is 11.3 Å². The Bertz CT molecular complexity index is 497. The van der Waals surface area contributed by atoms with Crippen molar-refractivity contribution in [1.82, 2.24) is 4.90 Å². The molecule has 1 aromatic rings. The summed E-state index contributed by atoms with van der Waals surface area (Å²) in [6.07, 6.45) is -0.909. The first-order valence-corrected chi connectivity index (χ1v) is 6.52. The molecule has 5 heteroatoms. The van der Waals surface area contributed by atoms with E-state index in [9.17, 15) is 13.2 Å². The van der Waals surface area contributed by atoms with Gasteiger partial charge in [-0.1, -0.05) is 13.0 Å². The van der Waals surface area contributed by atoms with Gasteiger partial charge in [-0.25, -0.2) is 0 Å². The van der Waals surface area contributed by atoms with Gasteiger partial charge in [0.2, 0.25) is 0 Å². The zero-order valence-electron chi connectivity index (χ0n) is 10.2. The molecule has 0 amide bonds. The number of hydrogen-bond acceptors (Lipinski definition) is 2. The molecular weight excluding hydrogens is 259 g/mol. The molecule has 1 aliphatic rings. The van der Waals surface area contributed by atoms with Crippen molar-refractivity contribution in [1.29, 1.82) is 0 Å². The van der Waals surface area contributed by atoms with E-state index >= 15 is 0 Å². The smallest absolute Gasteiger partial charge is 0.370 e. The third-order valence-electron chi connectivity index (χ3n) is 2.88. The summed E-state index contributed by atoms with van der Waals surface area (Å²) in [5.41, 5.74) is 0.0940. The van der Waals surface area contributed by atoms with Gasteiger partial charge >= 0.3 is 6.18 Å². The monoisotopic (exact) mass is 273 g/mol. The lowest BCUT2D eigenvalue weighted by Gasteiger charge is -2.25. The summed E-state index contributed by atoms with van der Waals surface area (Å²) in [6, 6.07) is 3.87. The minimum absolute atomic E-state index is 0.292. The quantitative estimate of drug-likeness (QED) is 0.784. The first-order chi connectivity index (χ1) is 8.41. The van der Waals surface area contributed by atoms with E-state index in [1.165, 1.54) is 17.0 Å². The van der Waals surface area contributed by atoms with E-state index in [1.54, 1.807) is 18.4 Å². The maximum absolute atomic E-state index is 12.7. The Morgan fingerprint density at radius 2 is 2.06 bits per heavy atom. The van der Waals surface area contributed by atoms with E-state index in [1.807, 2.05) is 24.0 Å². The highest BCUT2D eigenvalue weighted by atomic mass is 32.1. The molecule has 0 spiro atoms. The number of likely N-dealkylation sites (N-methyl/N-ethyl adjacent to an activating group) is 1. The Hall–Kier alpha value is -1.23. The molecule has 0 unspecified atom stereocenters. The zero-order valence-corrected chi connectivity index (χ0v) is 11.0. The van der Waals surface area contributed by atoms with E-state index in [2.05, 4.69) is 0 Å². The summed E-state index contributed by atoms with van der Waals surface area (Å²) in [7, 11) is 1.81. The Kier molecular flexibility index (Phi) is 3.52. The molecular formula is C13H14F3NS. The summed E-state index contributed by atoms with van der Waals surface area (Å²) < 4.78 is 38.1. The molecule has 0 saturated heterocycles. The Balaban J connectivity index is 2.35. The molecule has 0 bridgehead atoms. The molecule has 0 radical (unpaired) electrons. The minimum Gasteiger partial charge on any atom is -0.370 e. The number of allylic oxidation sites excluding steroid dienone is 2. The van der Waals surface area contributed by atoms with Gasteiger partial charge in [-0.3, -0.25) is 0 Å². The van der Waals surface area contributed by atoms with Crippen LogP contribution in [0.5, 0.6) is 0 Å².